The molecule has 1 aliphatic carbocycles. The van der Waals surface area contributed by atoms with Crippen molar-refractivity contribution in [2.45, 2.75) is 12.3 Å². The van der Waals surface area contributed by atoms with Gasteiger partial charge in [-0.3, -0.25) is 4.90 Å². The summed E-state index contributed by atoms with van der Waals surface area (Å²) in [6.45, 7) is 2.28. The van der Waals surface area contributed by atoms with Gasteiger partial charge in [0.2, 0.25) is 0 Å². The number of fused-ring (bicyclic) bond motifs is 1. The maximum atomic E-state index is 10.1. The highest BCUT2D eigenvalue weighted by atomic mass is 32.1. The van der Waals surface area contributed by atoms with Gasteiger partial charge in [0.25, 0.3) is 0 Å². The van der Waals surface area contributed by atoms with Crippen molar-refractivity contribution >= 4 is 11.3 Å². The Labute approximate surface area is 180 Å². The van der Waals surface area contributed by atoms with Crippen LogP contribution in [0.15, 0.2) is 70.8 Å². The van der Waals surface area contributed by atoms with E-state index < -0.39 is 11.3 Å². The number of benzene rings is 1. The van der Waals surface area contributed by atoms with Gasteiger partial charge in [-0.1, -0.05) is 42.5 Å². The first-order chi connectivity index (χ1) is 14.6. The fourth-order valence-corrected chi connectivity index (χ4v) is 5.59. The molecule has 0 radical (unpaired) electrons. The maximum absolute atomic E-state index is 10.1. The van der Waals surface area contributed by atoms with E-state index in [1.165, 1.54) is 16.9 Å². The molecule has 2 heterocycles. The van der Waals surface area contributed by atoms with Crippen LogP contribution >= 0.6 is 11.3 Å². The molecule has 1 aliphatic heterocycles. The summed E-state index contributed by atoms with van der Waals surface area (Å²) in [7, 11) is 0. The molecule has 0 bridgehead atoms. The summed E-state index contributed by atoms with van der Waals surface area (Å²) < 4.78 is 0. The van der Waals surface area contributed by atoms with E-state index in [9.17, 15) is 15.8 Å². The molecule has 0 saturated heterocycles. The van der Waals surface area contributed by atoms with Gasteiger partial charge in [0.05, 0.1) is 23.4 Å². The van der Waals surface area contributed by atoms with Crippen LogP contribution in [-0.2, 0) is 6.42 Å². The Morgan fingerprint density at radius 2 is 1.87 bits per heavy atom. The van der Waals surface area contributed by atoms with Gasteiger partial charge in [0, 0.05) is 36.3 Å². The van der Waals surface area contributed by atoms with Gasteiger partial charge in [-0.25, -0.2) is 0 Å². The third-order valence-electron chi connectivity index (χ3n) is 6.15. The van der Waals surface area contributed by atoms with Crippen molar-refractivity contribution in [1.82, 2.24) is 4.90 Å². The van der Waals surface area contributed by atoms with E-state index in [0.717, 1.165) is 30.0 Å². The van der Waals surface area contributed by atoms with Crippen LogP contribution < -0.4 is 5.73 Å². The van der Waals surface area contributed by atoms with Crippen LogP contribution in [0.1, 0.15) is 16.4 Å². The quantitative estimate of drug-likeness (QED) is 0.826. The Balaban J connectivity index is 1.73. The molecule has 0 spiro atoms. The fraction of sp³-hybridized carbons (Fsp3) is 0.292. The lowest BCUT2D eigenvalue weighted by molar-refractivity contribution is 0.210. The average Bonchev–Trinajstić information content (AvgIpc) is 3.32. The van der Waals surface area contributed by atoms with Crippen molar-refractivity contribution in [3.8, 4) is 18.2 Å². The molecular weight excluding hydrogens is 390 g/mol. The molecule has 0 saturated carbocycles. The van der Waals surface area contributed by atoms with Gasteiger partial charge in [-0.05, 0) is 29.0 Å². The number of hydrogen-bond donors (Lipinski definition) is 1. The van der Waals surface area contributed by atoms with E-state index in [1.54, 1.807) is 0 Å². The number of nitrogens with zero attached hydrogens (tertiary/aromatic N) is 4. The van der Waals surface area contributed by atoms with E-state index in [0.29, 0.717) is 12.1 Å². The monoisotopic (exact) mass is 411 g/mol. The minimum atomic E-state index is -1.54. The maximum Gasteiger partial charge on any atom is 0.192 e. The average molecular weight is 412 g/mol. The number of hydrogen-bond acceptors (Lipinski definition) is 6. The second-order valence-electron chi connectivity index (χ2n) is 7.69. The fourth-order valence-electron chi connectivity index (χ4n) is 4.63. The Bertz CT molecular complexity index is 1100. The van der Waals surface area contributed by atoms with E-state index >= 15 is 0 Å². The number of nitriles is 3. The Morgan fingerprint density at radius 3 is 2.50 bits per heavy atom. The molecule has 2 N–H and O–H groups in total. The summed E-state index contributed by atoms with van der Waals surface area (Å²) in [6, 6.07) is 20.8. The molecule has 1 aromatic carbocycles. The topological polar surface area (TPSA) is 101 Å². The third-order valence-corrected chi connectivity index (χ3v) is 7.10. The lowest BCUT2D eigenvalue weighted by Gasteiger charge is -2.45. The van der Waals surface area contributed by atoms with Gasteiger partial charge in [0.1, 0.15) is 6.07 Å². The summed E-state index contributed by atoms with van der Waals surface area (Å²) in [4.78, 5) is 3.29. The molecule has 5 nitrogen and oxygen atoms in total. The summed E-state index contributed by atoms with van der Waals surface area (Å²) in [5.74, 6) is -0.523. The molecule has 2 unspecified atom stereocenters. The molecular formula is C24H21N5S. The zero-order valence-corrected chi connectivity index (χ0v) is 17.3. The minimum Gasteiger partial charge on any atom is -0.399 e. The Morgan fingerprint density at radius 1 is 1.10 bits per heavy atom. The van der Waals surface area contributed by atoms with Crippen LogP contribution in [0.5, 0.6) is 0 Å². The number of thiophene rings is 1. The van der Waals surface area contributed by atoms with Crippen LogP contribution in [0, 0.1) is 45.3 Å². The molecule has 2 aromatic rings. The summed E-state index contributed by atoms with van der Waals surface area (Å²) in [5.41, 5.74) is 7.33. The zero-order valence-electron chi connectivity index (χ0n) is 16.5. The van der Waals surface area contributed by atoms with Crippen molar-refractivity contribution in [3.05, 3.63) is 81.2 Å². The minimum absolute atomic E-state index is 0.0913. The SMILES string of the molecule is N#CC1=C(N)C(C#N)(C#N)C(c2cccs2)C2CN(CCc3ccccc3)CC=C12. The predicted octanol–water partition coefficient (Wildman–Crippen LogP) is 3.72. The smallest absolute Gasteiger partial charge is 0.192 e. The molecule has 4 rings (SSSR count). The Hall–Kier alpha value is -3.37. The molecule has 1 aromatic heterocycles. The van der Waals surface area contributed by atoms with E-state index in [1.807, 2.05) is 35.7 Å². The largest absolute Gasteiger partial charge is 0.399 e. The molecule has 30 heavy (non-hydrogen) atoms. The van der Waals surface area contributed by atoms with Crippen LogP contribution in [0.3, 0.4) is 0 Å². The molecule has 0 amide bonds. The van der Waals surface area contributed by atoms with Gasteiger partial charge in [-0.15, -0.1) is 11.3 Å². The van der Waals surface area contributed by atoms with Crippen LogP contribution in [0.25, 0.3) is 0 Å². The highest BCUT2D eigenvalue weighted by molar-refractivity contribution is 7.10. The van der Waals surface area contributed by atoms with Gasteiger partial charge >= 0.3 is 0 Å². The van der Waals surface area contributed by atoms with Crippen molar-refractivity contribution in [1.29, 1.82) is 15.8 Å². The second kappa shape index (κ2) is 8.17. The normalized spacial score (nSPS) is 22.9. The van der Waals surface area contributed by atoms with E-state index in [2.05, 4.69) is 41.3 Å². The van der Waals surface area contributed by atoms with E-state index in [-0.39, 0.29) is 11.6 Å². The van der Waals surface area contributed by atoms with Crippen LogP contribution in [0.2, 0.25) is 0 Å². The van der Waals surface area contributed by atoms with Crippen molar-refractivity contribution < 1.29 is 0 Å². The molecule has 2 aliphatic rings. The predicted molar refractivity (Wildman–Crippen MR) is 116 cm³/mol. The first kappa shape index (κ1) is 19.9. The van der Waals surface area contributed by atoms with Crippen molar-refractivity contribution in [3.63, 3.8) is 0 Å². The third kappa shape index (κ3) is 3.19. The van der Waals surface area contributed by atoms with Gasteiger partial charge in [-0.2, -0.15) is 15.8 Å². The molecule has 2 atom stereocenters. The van der Waals surface area contributed by atoms with Gasteiger partial charge < -0.3 is 5.73 Å². The summed E-state index contributed by atoms with van der Waals surface area (Å²) in [6.07, 6.45) is 2.98. The van der Waals surface area contributed by atoms with Crippen LogP contribution in [-0.4, -0.2) is 24.5 Å². The Kier molecular flexibility index (Phi) is 5.42. The summed E-state index contributed by atoms with van der Waals surface area (Å²) in [5, 5.41) is 31.9. The lowest BCUT2D eigenvalue weighted by Crippen LogP contribution is -2.48. The molecule has 0 fully saturated rings. The first-order valence-electron chi connectivity index (χ1n) is 9.87. The van der Waals surface area contributed by atoms with Crippen molar-refractivity contribution in [2.75, 3.05) is 19.6 Å². The van der Waals surface area contributed by atoms with E-state index in [4.69, 9.17) is 5.73 Å². The highest BCUT2D eigenvalue weighted by Crippen LogP contribution is 2.54. The highest BCUT2D eigenvalue weighted by Gasteiger charge is 2.54. The number of nitrogens with two attached hydrogens (primary N) is 1. The molecule has 148 valence electrons. The molecule has 6 heteroatoms. The number of allylic oxidation sites excluding steroid dienone is 2. The van der Waals surface area contributed by atoms with Crippen molar-refractivity contribution in [2.24, 2.45) is 17.1 Å². The first-order valence-corrected chi connectivity index (χ1v) is 10.8. The lowest BCUT2D eigenvalue weighted by atomic mass is 9.59. The van der Waals surface area contributed by atoms with Gasteiger partial charge in [0.15, 0.2) is 5.41 Å². The van der Waals surface area contributed by atoms with Crippen LogP contribution in [0.4, 0.5) is 0 Å². The summed E-state index contributed by atoms with van der Waals surface area (Å²) >= 11 is 1.53. The second-order valence-corrected chi connectivity index (χ2v) is 8.67. The zero-order chi connectivity index (χ0) is 21.1. The number of rotatable bonds is 4. The standard InChI is InChI=1S/C24H21N5S/c25-13-19-18-9-11-29(10-8-17-5-2-1-3-6-17)14-20(18)22(21-7-4-12-30-21)24(15-26,16-27)23(19)28/h1-7,9,12,20,22H,8,10-11,14,28H2.